The van der Waals surface area contributed by atoms with Crippen molar-refractivity contribution in [1.29, 1.82) is 0 Å². The van der Waals surface area contributed by atoms with E-state index < -0.39 is 0 Å². The minimum Gasteiger partial charge on any atom is -0.462 e. The van der Waals surface area contributed by atoms with Crippen LogP contribution in [0, 0.1) is 6.92 Å². The first-order valence-corrected chi connectivity index (χ1v) is 6.08. The lowest BCUT2D eigenvalue weighted by Gasteiger charge is -2.06. The van der Waals surface area contributed by atoms with Crippen molar-refractivity contribution in [3.8, 4) is 5.69 Å². The maximum atomic E-state index is 11.5. The molecule has 1 aromatic carbocycles. The number of aliphatic hydroxyl groups is 1. The molecule has 5 heteroatoms. The number of nitrogens with zero attached hydrogens (tertiary/aromatic N) is 2. The molecular formula is C14H16N2O3. The molecule has 0 saturated heterocycles. The van der Waals surface area contributed by atoms with Gasteiger partial charge in [0.25, 0.3) is 0 Å². The van der Waals surface area contributed by atoms with Crippen LogP contribution in [0.2, 0.25) is 0 Å². The molecule has 0 aliphatic carbocycles. The van der Waals surface area contributed by atoms with Gasteiger partial charge in [-0.3, -0.25) is 0 Å². The van der Waals surface area contributed by atoms with E-state index >= 15 is 0 Å². The third-order valence-electron chi connectivity index (χ3n) is 2.85. The fourth-order valence-electron chi connectivity index (χ4n) is 1.78. The van der Waals surface area contributed by atoms with E-state index in [0.29, 0.717) is 12.2 Å². The van der Waals surface area contributed by atoms with Crippen LogP contribution >= 0.6 is 0 Å². The molecule has 1 aromatic heterocycles. The summed E-state index contributed by atoms with van der Waals surface area (Å²) in [5, 5.41) is 13.3. The Morgan fingerprint density at radius 2 is 2.26 bits per heavy atom. The number of hydrogen-bond acceptors (Lipinski definition) is 4. The molecule has 0 saturated carbocycles. The molecule has 0 aliphatic rings. The van der Waals surface area contributed by atoms with Crippen LogP contribution in [0.25, 0.3) is 5.69 Å². The number of carbonyl (C=O) groups excluding carboxylic acids is 1. The van der Waals surface area contributed by atoms with Gasteiger partial charge in [-0.05, 0) is 37.1 Å². The lowest BCUT2D eigenvalue weighted by molar-refractivity contribution is 0.0526. The Hall–Kier alpha value is -2.14. The molecule has 0 bridgehead atoms. The van der Waals surface area contributed by atoms with E-state index in [1.807, 2.05) is 25.1 Å². The Morgan fingerprint density at radius 3 is 2.89 bits per heavy atom. The molecule has 0 atom stereocenters. The van der Waals surface area contributed by atoms with Crippen molar-refractivity contribution in [1.82, 2.24) is 9.78 Å². The quantitative estimate of drug-likeness (QED) is 0.852. The van der Waals surface area contributed by atoms with Crippen molar-refractivity contribution in [2.75, 3.05) is 6.61 Å². The normalized spacial score (nSPS) is 10.5. The van der Waals surface area contributed by atoms with Crippen molar-refractivity contribution >= 4 is 5.97 Å². The number of aliphatic hydroxyl groups excluding tert-OH is 1. The zero-order valence-corrected chi connectivity index (χ0v) is 11.0. The summed E-state index contributed by atoms with van der Waals surface area (Å²) in [4.78, 5) is 11.5. The Bertz CT molecular complexity index is 590. The van der Waals surface area contributed by atoms with E-state index in [1.54, 1.807) is 17.8 Å². The first-order chi connectivity index (χ1) is 9.15. The number of aryl methyl sites for hydroxylation is 1. The highest BCUT2D eigenvalue weighted by Crippen LogP contribution is 2.15. The summed E-state index contributed by atoms with van der Waals surface area (Å²) in [7, 11) is 0. The molecule has 0 spiro atoms. The van der Waals surface area contributed by atoms with Gasteiger partial charge in [0.2, 0.25) is 0 Å². The maximum Gasteiger partial charge on any atom is 0.341 e. The molecule has 100 valence electrons. The molecule has 0 radical (unpaired) electrons. The summed E-state index contributed by atoms with van der Waals surface area (Å²) in [6.45, 7) is 4.04. The Kier molecular flexibility index (Phi) is 3.97. The van der Waals surface area contributed by atoms with E-state index in [1.165, 1.54) is 6.20 Å². The number of benzene rings is 1. The van der Waals surface area contributed by atoms with Gasteiger partial charge in [0.1, 0.15) is 0 Å². The molecule has 5 nitrogen and oxygen atoms in total. The topological polar surface area (TPSA) is 64.3 Å². The number of aromatic nitrogens is 2. The largest absolute Gasteiger partial charge is 0.462 e. The molecule has 1 N–H and O–H groups in total. The average Bonchev–Trinajstić information content (AvgIpc) is 2.88. The van der Waals surface area contributed by atoms with Crippen LogP contribution in [-0.2, 0) is 11.3 Å². The maximum absolute atomic E-state index is 11.5. The highest BCUT2D eigenvalue weighted by Gasteiger charge is 2.10. The van der Waals surface area contributed by atoms with Crippen LogP contribution < -0.4 is 0 Å². The molecule has 2 rings (SSSR count). The highest BCUT2D eigenvalue weighted by molar-refractivity contribution is 5.88. The van der Waals surface area contributed by atoms with Crippen molar-refractivity contribution in [3.63, 3.8) is 0 Å². The van der Waals surface area contributed by atoms with E-state index in [2.05, 4.69) is 5.10 Å². The highest BCUT2D eigenvalue weighted by atomic mass is 16.5. The van der Waals surface area contributed by atoms with E-state index in [4.69, 9.17) is 9.84 Å². The lowest BCUT2D eigenvalue weighted by atomic mass is 10.1. The van der Waals surface area contributed by atoms with Gasteiger partial charge >= 0.3 is 5.97 Å². The standard InChI is InChI=1S/C14H16N2O3/c1-3-19-14(18)12-7-15-16(8-12)13-5-4-11(9-17)10(2)6-13/h4-8,17H,3,9H2,1-2H3. The van der Waals surface area contributed by atoms with E-state index in [0.717, 1.165) is 16.8 Å². The average molecular weight is 260 g/mol. The van der Waals surface area contributed by atoms with Crippen LogP contribution in [0.15, 0.2) is 30.6 Å². The Morgan fingerprint density at radius 1 is 1.47 bits per heavy atom. The second-order valence-electron chi connectivity index (χ2n) is 4.16. The summed E-state index contributed by atoms with van der Waals surface area (Å²) in [5.74, 6) is -0.377. The first kappa shape index (κ1) is 13.3. The first-order valence-electron chi connectivity index (χ1n) is 6.08. The van der Waals surface area contributed by atoms with Gasteiger partial charge in [-0.2, -0.15) is 5.10 Å². The third kappa shape index (κ3) is 2.82. The summed E-state index contributed by atoms with van der Waals surface area (Å²) in [5.41, 5.74) is 3.12. The number of esters is 1. The smallest absolute Gasteiger partial charge is 0.341 e. The van der Waals surface area contributed by atoms with Crippen molar-refractivity contribution in [2.45, 2.75) is 20.5 Å². The predicted molar refractivity (Wildman–Crippen MR) is 70.2 cm³/mol. The number of rotatable bonds is 4. The fourth-order valence-corrected chi connectivity index (χ4v) is 1.78. The molecule has 19 heavy (non-hydrogen) atoms. The van der Waals surface area contributed by atoms with Crippen LogP contribution in [0.5, 0.6) is 0 Å². The van der Waals surface area contributed by atoms with Gasteiger partial charge in [-0.25, -0.2) is 9.48 Å². The number of hydrogen-bond donors (Lipinski definition) is 1. The summed E-state index contributed by atoms with van der Waals surface area (Å²) < 4.78 is 6.52. The van der Waals surface area contributed by atoms with Gasteiger partial charge in [0, 0.05) is 6.20 Å². The molecule has 1 heterocycles. The van der Waals surface area contributed by atoms with Crippen LogP contribution in [-0.4, -0.2) is 27.5 Å². The van der Waals surface area contributed by atoms with E-state index in [-0.39, 0.29) is 12.6 Å². The molecular weight excluding hydrogens is 244 g/mol. The molecule has 0 fully saturated rings. The summed E-state index contributed by atoms with van der Waals surface area (Å²) >= 11 is 0. The molecule has 0 aliphatic heterocycles. The zero-order chi connectivity index (χ0) is 13.8. The zero-order valence-electron chi connectivity index (χ0n) is 11.0. The van der Waals surface area contributed by atoms with Gasteiger partial charge < -0.3 is 9.84 Å². The Balaban J connectivity index is 2.27. The lowest BCUT2D eigenvalue weighted by Crippen LogP contribution is -2.03. The second kappa shape index (κ2) is 5.67. The van der Waals surface area contributed by atoms with Gasteiger partial charge in [0.15, 0.2) is 0 Å². The fraction of sp³-hybridized carbons (Fsp3) is 0.286. The van der Waals surface area contributed by atoms with Crippen molar-refractivity contribution in [2.24, 2.45) is 0 Å². The van der Waals surface area contributed by atoms with Crippen molar-refractivity contribution < 1.29 is 14.6 Å². The van der Waals surface area contributed by atoms with Gasteiger partial charge in [-0.15, -0.1) is 0 Å². The minimum atomic E-state index is -0.377. The van der Waals surface area contributed by atoms with Crippen LogP contribution in [0.4, 0.5) is 0 Å². The molecule has 0 unspecified atom stereocenters. The van der Waals surface area contributed by atoms with Crippen molar-refractivity contribution in [3.05, 3.63) is 47.3 Å². The number of carbonyl (C=O) groups is 1. The molecule has 2 aromatic rings. The van der Waals surface area contributed by atoms with Gasteiger partial charge in [-0.1, -0.05) is 6.07 Å². The predicted octanol–water partition coefficient (Wildman–Crippen LogP) is 1.85. The minimum absolute atomic E-state index is 0.0132. The third-order valence-corrected chi connectivity index (χ3v) is 2.85. The summed E-state index contributed by atoms with van der Waals surface area (Å²) in [6, 6.07) is 5.60. The summed E-state index contributed by atoms with van der Waals surface area (Å²) in [6.07, 6.45) is 3.11. The van der Waals surface area contributed by atoms with Gasteiger partial charge in [0.05, 0.1) is 30.7 Å². The Labute approximate surface area is 111 Å². The van der Waals surface area contributed by atoms with E-state index in [9.17, 15) is 4.79 Å². The SMILES string of the molecule is CCOC(=O)c1cnn(-c2ccc(CO)c(C)c2)c1. The van der Waals surface area contributed by atoms with Crippen LogP contribution in [0.1, 0.15) is 28.4 Å². The monoisotopic (exact) mass is 260 g/mol. The molecule has 0 amide bonds. The number of ether oxygens (including phenoxy) is 1. The second-order valence-corrected chi connectivity index (χ2v) is 4.16. The van der Waals surface area contributed by atoms with Crippen LogP contribution in [0.3, 0.4) is 0 Å².